The molecule has 2 aromatic carbocycles. The van der Waals surface area contributed by atoms with Crippen molar-refractivity contribution in [2.75, 3.05) is 31.6 Å². The first kappa shape index (κ1) is 23.6. The van der Waals surface area contributed by atoms with Crippen LogP contribution in [0.5, 0.6) is 0 Å². The Morgan fingerprint density at radius 3 is 2.64 bits per heavy atom. The average Bonchev–Trinajstić information content (AvgIpc) is 2.94. The van der Waals surface area contributed by atoms with E-state index in [-0.39, 0.29) is 5.56 Å². The van der Waals surface area contributed by atoms with Crippen molar-refractivity contribution in [1.29, 1.82) is 0 Å². The summed E-state index contributed by atoms with van der Waals surface area (Å²) < 4.78 is 5.51. The molecule has 0 atom stereocenters. The van der Waals surface area contributed by atoms with Crippen LogP contribution in [0.15, 0.2) is 30.3 Å². The van der Waals surface area contributed by atoms with Gasteiger partial charge in [-0.25, -0.2) is 4.79 Å². The van der Waals surface area contributed by atoms with Gasteiger partial charge in [-0.2, -0.15) is 5.10 Å². The van der Waals surface area contributed by atoms with Crippen molar-refractivity contribution in [2.45, 2.75) is 26.8 Å². The summed E-state index contributed by atoms with van der Waals surface area (Å²) in [6, 6.07) is 9.03. The predicted molar refractivity (Wildman–Crippen MR) is 131 cm³/mol. The number of hydrogen-bond donors (Lipinski definition) is 3. The highest BCUT2D eigenvalue weighted by molar-refractivity contribution is 6.39. The van der Waals surface area contributed by atoms with Crippen LogP contribution in [-0.2, 0) is 11.3 Å². The molecule has 3 N–H and O–H groups in total. The molecule has 0 unspecified atom stereocenters. The Hall–Kier alpha value is -2.58. The number of aromatic nitrogens is 2. The van der Waals surface area contributed by atoms with Crippen molar-refractivity contribution < 1.29 is 14.6 Å². The van der Waals surface area contributed by atoms with Gasteiger partial charge in [-0.05, 0) is 49.6 Å². The molecule has 0 spiro atoms. The summed E-state index contributed by atoms with van der Waals surface area (Å²) in [5.74, 6) is -1.01. The summed E-state index contributed by atoms with van der Waals surface area (Å²) >= 11 is 13.2. The Morgan fingerprint density at radius 1 is 1.21 bits per heavy atom. The van der Waals surface area contributed by atoms with Gasteiger partial charge in [-0.15, -0.1) is 0 Å². The average molecular weight is 489 g/mol. The molecular formula is C24H26Cl2N4O3. The zero-order chi connectivity index (χ0) is 23.5. The third-order valence-corrected chi connectivity index (χ3v) is 6.39. The number of benzene rings is 2. The second-order valence-electron chi connectivity index (χ2n) is 8.14. The molecule has 0 amide bonds. The van der Waals surface area contributed by atoms with Crippen LogP contribution >= 0.6 is 23.2 Å². The Labute approximate surface area is 202 Å². The lowest BCUT2D eigenvalue weighted by Gasteiger charge is -2.22. The zero-order valence-corrected chi connectivity index (χ0v) is 20.1. The fourth-order valence-corrected chi connectivity index (χ4v) is 4.81. The van der Waals surface area contributed by atoms with Gasteiger partial charge in [0.2, 0.25) is 0 Å². The van der Waals surface area contributed by atoms with E-state index in [9.17, 15) is 9.90 Å². The van der Waals surface area contributed by atoms with E-state index in [0.29, 0.717) is 34.6 Å². The van der Waals surface area contributed by atoms with Gasteiger partial charge in [0, 0.05) is 37.5 Å². The third kappa shape index (κ3) is 5.17. The van der Waals surface area contributed by atoms with Crippen LogP contribution in [0.25, 0.3) is 11.1 Å². The molecule has 0 aliphatic carbocycles. The SMILES string of the molecule is Cc1n[nH]c(C)c1-c1cc(Cl)c(Nc2cccc(CN3CCCOCC3)c2C(=O)O)c(Cl)c1. The molecule has 1 aliphatic rings. The molecule has 0 bridgehead atoms. The smallest absolute Gasteiger partial charge is 0.338 e. The first-order valence-corrected chi connectivity index (χ1v) is 11.5. The third-order valence-electron chi connectivity index (χ3n) is 5.79. The molecule has 1 aromatic heterocycles. The molecule has 4 rings (SSSR count). The predicted octanol–water partition coefficient (Wildman–Crippen LogP) is 5.66. The molecule has 7 nitrogen and oxygen atoms in total. The summed E-state index contributed by atoms with van der Waals surface area (Å²) in [4.78, 5) is 14.4. The van der Waals surface area contributed by atoms with Crippen molar-refractivity contribution in [2.24, 2.45) is 0 Å². The molecule has 33 heavy (non-hydrogen) atoms. The topological polar surface area (TPSA) is 90.5 Å². The number of nitrogens with one attached hydrogen (secondary N) is 2. The molecule has 0 radical (unpaired) electrons. The number of carboxylic acids is 1. The van der Waals surface area contributed by atoms with Gasteiger partial charge in [-0.3, -0.25) is 10.00 Å². The number of nitrogens with zero attached hydrogens (tertiary/aromatic N) is 2. The fourth-order valence-electron chi connectivity index (χ4n) is 4.23. The van der Waals surface area contributed by atoms with Crippen molar-refractivity contribution in [3.05, 3.63) is 62.9 Å². The van der Waals surface area contributed by atoms with Crippen molar-refractivity contribution >= 4 is 40.5 Å². The van der Waals surface area contributed by atoms with Crippen molar-refractivity contribution in [3.8, 4) is 11.1 Å². The van der Waals surface area contributed by atoms with Gasteiger partial charge < -0.3 is 15.2 Å². The molecular weight excluding hydrogens is 463 g/mol. The fraction of sp³-hybridized carbons (Fsp3) is 0.333. The van der Waals surface area contributed by atoms with E-state index >= 15 is 0 Å². The summed E-state index contributed by atoms with van der Waals surface area (Å²) in [6.07, 6.45) is 0.924. The lowest BCUT2D eigenvalue weighted by atomic mass is 10.0. The normalized spacial score (nSPS) is 14.8. The highest BCUT2D eigenvalue weighted by Crippen LogP contribution is 2.39. The van der Waals surface area contributed by atoms with E-state index in [4.69, 9.17) is 27.9 Å². The maximum Gasteiger partial charge on any atom is 0.338 e. The number of hydrogen-bond acceptors (Lipinski definition) is 5. The Kier molecular flexibility index (Phi) is 7.24. The first-order valence-electron chi connectivity index (χ1n) is 10.8. The molecule has 9 heteroatoms. The van der Waals surface area contributed by atoms with Crippen LogP contribution in [0.3, 0.4) is 0 Å². The summed E-state index contributed by atoms with van der Waals surface area (Å²) in [5, 5.41) is 21.2. The summed E-state index contributed by atoms with van der Waals surface area (Å²) in [6.45, 7) is 7.38. The first-order chi connectivity index (χ1) is 15.8. The standard InChI is InChI=1S/C24H26Cl2N4O3/c1-14-21(15(2)29-28-14)17-11-18(25)23(19(26)12-17)27-20-6-3-5-16(22(20)24(31)32)13-30-7-4-9-33-10-8-30/h3,5-6,11-12,27H,4,7-10,13H2,1-2H3,(H,28,29)(H,31,32). The van der Waals surface area contributed by atoms with Gasteiger partial charge in [-0.1, -0.05) is 35.3 Å². The van der Waals surface area contributed by atoms with E-state index in [0.717, 1.165) is 54.2 Å². The number of aromatic carboxylic acids is 1. The van der Waals surface area contributed by atoms with Crippen molar-refractivity contribution in [1.82, 2.24) is 15.1 Å². The second-order valence-corrected chi connectivity index (χ2v) is 8.95. The van der Waals surface area contributed by atoms with E-state index in [2.05, 4.69) is 20.4 Å². The van der Waals surface area contributed by atoms with Crippen LogP contribution in [0.1, 0.15) is 33.7 Å². The van der Waals surface area contributed by atoms with Gasteiger partial charge in [0.15, 0.2) is 0 Å². The largest absolute Gasteiger partial charge is 0.478 e. The van der Waals surface area contributed by atoms with Crippen LogP contribution < -0.4 is 5.32 Å². The van der Waals surface area contributed by atoms with E-state index in [1.54, 1.807) is 6.07 Å². The highest BCUT2D eigenvalue weighted by atomic mass is 35.5. The Bertz CT molecular complexity index is 1130. The molecule has 2 heterocycles. The van der Waals surface area contributed by atoms with E-state index in [1.807, 2.05) is 38.1 Å². The van der Waals surface area contributed by atoms with Gasteiger partial charge in [0.25, 0.3) is 0 Å². The Balaban J connectivity index is 1.67. The van der Waals surface area contributed by atoms with E-state index in [1.165, 1.54) is 0 Å². The van der Waals surface area contributed by atoms with Crippen molar-refractivity contribution in [3.63, 3.8) is 0 Å². The zero-order valence-electron chi connectivity index (χ0n) is 18.5. The van der Waals surface area contributed by atoms with Gasteiger partial charge >= 0.3 is 5.97 Å². The minimum Gasteiger partial charge on any atom is -0.478 e. The number of aryl methyl sites for hydroxylation is 2. The van der Waals surface area contributed by atoms with Crippen LogP contribution in [0.2, 0.25) is 10.0 Å². The maximum absolute atomic E-state index is 12.2. The lowest BCUT2D eigenvalue weighted by Crippen LogP contribution is -2.27. The monoisotopic (exact) mass is 488 g/mol. The second kappa shape index (κ2) is 10.1. The molecule has 1 fully saturated rings. The number of anilines is 2. The van der Waals surface area contributed by atoms with Crippen LogP contribution in [-0.4, -0.2) is 52.5 Å². The quantitative estimate of drug-likeness (QED) is 0.414. The van der Waals surface area contributed by atoms with Crippen LogP contribution in [0, 0.1) is 13.8 Å². The van der Waals surface area contributed by atoms with E-state index < -0.39 is 5.97 Å². The number of ether oxygens (including phenoxy) is 1. The number of aromatic amines is 1. The number of carbonyl (C=O) groups is 1. The summed E-state index contributed by atoms with van der Waals surface area (Å²) in [7, 11) is 0. The minimum absolute atomic E-state index is 0.209. The van der Waals surface area contributed by atoms with Gasteiger partial charge in [0.05, 0.1) is 39.3 Å². The minimum atomic E-state index is -1.01. The summed E-state index contributed by atoms with van der Waals surface area (Å²) in [5.41, 5.74) is 5.39. The number of rotatable bonds is 6. The Morgan fingerprint density at radius 2 is 1.97 bits per heavy atom. The number of halogens is 2. The lowest BCUT2D eigenvalue weighted by molar-refractivity contribution is 0.0695. The molecule has 1 aliphatic heterocycles. The van der Waals surface area contributed by atoms with Gasteiger partial charge in [0.1, 0.15) is 0 Å². The van der Waals surface area contributed by atoms with Crippen LogP contribution in [0.4, 0.5) is 11.4 Å². The maximum atomic E-state index is 12.2. The molecule has 3 aromatic rings. The molecule has 1 saturated heterocycles. The molecule has 0 saturated carbocycles. The number of H-pyrrole nitrogens is 1. The molecule has 174 valence electrons. The number of carboxylic acid groups (broad SMARTS) is 1. The highest BCUT2D eigenvalue weighted by Gasteiger charge is 2.21.